The fraction of sp³-hybridized carbons (Fsp3) is 0.636. The van der Waals surface area contributed by atoms with E-state index in [9.17, 15) is 9.59 Å². The van der Waals surface area contributed by atoms with Crippen LogP contribution in [0.3, 0.4) is 0 Å². The van der Waals surface area contributed by atoms with E-state index in [0.717, 1.165) is 42.4 Å². The van der Waals surface area contributed by atoms with Crippen LogP contribution in [0.1, 0.15) is 84.9 Å². The number of thioether (sulfide) groups is 1. The third kappa shape index (κ3) is 4.82. The number of carbonyl (C=O) groups is 2. The van der Waals surface area contributed by atoms with Crippen molar-refractivity contribution in [3.63, 3.8) is 0 Å². The summed E-state index contributed by atoms with van der Waals surface area (Å²) in [5, 5.41) is 13.2. The van der Waals surface area contributed by atoms with Crippen LogP contribution in [0.4, 0.5) is 5.00 Å². The van der Waals surface area contributed by atoms with Crippen LogP contribution >= 0.6 is 23.1 Å². The minimum absolute atomic E-state index is 0.149. The van der Waals surface area contributed by atoms with Crippen LogP contribution in [0.2, 0.25) is 0 Å². The molecule has 1 atom stereocenters. The summed E-state index contributed by atoms with van der Waals surface area (Å²) >= 11 is 2.90. The van der Waals surface area contributed by atoms with Gasteiger partial charge in [-0.2, -0.15) is 0 Å². The molecule has 31 heavy (non-hydrogen) atoms. The van der Waals surface area contributed by atoms with E-state index in [1.807, 2.05) is 0 Å². The van der Waals surface area contributed by atoms with Gasteiger partial charge in [0.15, 0.2) is 5.16 Å². The van der Waals surface area contributed by atoms with Crippen LogP contribution in [-0.4, -0.2) is 32.3 Å². The second-order valence-electron chi connectivity index (χ2n) is 8.68. The van der Waals surface area contributed by atoms with Crippen molar-refractivity contribution in [3.05, 3.63) is 21.8 Å². The normalized spacial score (nSPS) is 19.2. The Morgan fingerprint density at radius 2 is 2.00 bits per heavy atom. The van der Waals surface area contributed by atoms with Gasteiger partial charge in [-0.3, -0.25) is 9.59 Å². The van der Waals surface area contributed by atoms with Crippen molar-refractivity contribution in [2.75, 3.05) is 11.1 Å². The van der Waals surface area contributed by atoms with E-state index in [2.05, 4.69) is 33.9 Å². The van der Waals surface area contributed by atoms with Crippen molar-refractivity contribution < 1.29 is 9.59 Å². The number of hydrogen-bond donors (Lipinski definition) is 2. The molecule has 9 heteroatoms. The first kappa shape index (κ1) is 22.3. The first-order valence-corrected chi connectivity index (χ1v) is 13.1. The van der Waals surface area contributed by atoms with Crippen molar-refractivity contribution in [1.29, 1.82) is 0 Å². The van der Waals surface area contributed by atoms with Crippen molar-refractivity contribution in [3.8, 4) is 0 Å². The van der Waals surface area contributed by atoms with Gasteiger partial charge in [-0.1, -0.05) is 37.9 Å². The molecule has 2 aromatic heterocycles. The Kier molecular flexibility index (Phi) is 7.01. The number of aromatic nitrogens is 3. The van der Waals surface area contributed by atoms with Crippen LogP contribution in [0.5, 0.6) is 0 Å². The SMILES string of the molecule is CCn1c(SCC(=O)Nc2sc3c(c2C(N)=O)CCC(C)C3)nnc1C1CCCCC1. The average Bonchev–Trinajstić information content (AvgIpc) is 3.32. The van der Waals surface area contributed by atoms with E-state index in [0.29, 0.717) is 22.4 Å². The largest absolute Gasteiger partial charge is 0.365 e. The third-order valence-corrected chi connectivity index (χ3v) is 8.51. The molecule has 168 valence electrons. The molecule has 0 aliphatic heterocycles. The van der Waals surface area contributed by atoms with Gasteiger partial charge < -0.3 is 15.6 Å². The van der Waals surface area contributed by atoms with Gasteiger partial charge in [0.05, 0.1) is 11.3 Å². The molecule has 2 aromatic rings. The number of amides is 2. The summed E-state index contributed by atoms with van der Waals surface area (Å²) < 4.78 is 2.15. The number of nitrogens with two attached hydrogens (primary N) is 1. The maximum absolute atomic E-state index is 12.7. The molecule has 7 nitrogen and oxygen atoms in total. The lowest BCUT2D eigenvalue weighted by atomic mass is 9.88. The van der Waals surface area contributed by atoms with Crippen LogP contribution in [0.25, 0.3) is 0 Å². The molecule has 1 unspecified atom stereocenters. The molecule has 3 N–H and O–H groups in total. The molecule has 0 radical (unpaired) electrons. The van der Waals surface area contributed by atoms with Gasteiger partial charge >= 0.3 is 0 Å². The monoisotopic (exact) mass is 461 g/mol. The first-order chi connectivity index (χ1) is 15.0. The van der Waals surface area contributed by atoms with Gasteiger partial charge in [0, 0.05) is 17.3 Å². The van der Waals surface area contributed by atoms with E-state index >= 15 is 0 Å². The van der Waals surface area contributed by atoms with Gasteiger partial charge in [0.1, 0.15) is 10.8 Å². The van der Waals surface area contributed by atoms with E-state index in [1.165, 1.54) is 60.1 Å². The summed E-state index contributed by atoms with van der Waals surface area (Å²) in [4.78, 5) is 26.0. The summed E-state index contributed by atoms with van der Waals surface area (Å²) in [6.07, 6.45) is 8.96. The number of nitrogens with one attached hydrogen (secondary N) is 1. The zero-order chi connectivity index (χ0) is 22.0. The van der Waals surface area contributed by atoms with E-state index in [4.69, 9.17) is 5.73 Å². The molecule has 0 bridgehead atoms. The lowest BCUT2D eigenvalue weighted by molar-refractivity contribution is -0.113. The van der Waals surface area contributed by atoms with Gasteiger partial charge in [-0.05, 0) is 50.5 Å². The fourth-order valence-electron chi connectivity index (χ4n) is 4.76. The standard InChI is InChI=1S/C22H31N5O2S2/c1-3-27-20(14-7-5-4-6-8-14)25-26-22(27)30-12-17(28)24-21-18(19(23)29)15-10-9-13(2)11-16(15)31-21/h13-14H,3-12H2,1-2H3,(H2,23,29)(H,24,28). The summed E-state index contributed by atoms with van der Waals surface area (Å²) in [6.45, 7) is 5.10. The molecule has 1 saturated carbocycles. The van der Waals surface area contributed by atoms with Gasteiger partial charge in [-0.25, -0.2) is 0 Å². The summed E-state index contributed by atoms with van der Waals surface area (Å²) in [7, 11) is 0. The van der Waals surface area contributed by atoms with Crippen LogP contribution in [-0.2, 0) is 24.2 Å². The lowest BCUT2D eigenvalue weighted by Crippen LogP contribution is -2.20. The van der Waals surface area contributed by atoms with E-state index in [-0.39, 0.29) is 11.7 Å². The predicted octanol–water partition coefficient (Wildman–Crippen LogP) is 4.36. The minimum Gasteiger partial charge on any atom is -0.365 e. The molecule has 2 amide bonds. The number of fused-ring (bicyclic) bond motifs is 1. The van der Waals surface area contributed by atoms with Gasteiger partial charge in [-0.15, -0.1) is 21.5 Å². The molecule has 0 spiro atoms. The number of anilines is 1. The number of rotatable bonds is 7. The maximum Gasteiger partial charge on any atom is 0.251 e. The zero-order valence-corrected chi connectivity index (χ0v) is 19.9. The molecule has 2 heterocycles. The number of thiophene rings is 1. The topological polar surface area (TPSA) is 103 Å². The highest BCUT2D eigenvalue weighted by atomic mass is 32.2. The second-order valence-corrected chi connectivity index (χ2v) is 10.7. The Hall–Kier alpha value is -1.87. The second kappa shape index (κ2) is 9.73. The molecule has 4 rings (SSSR count). The summed E-state index contributed by atoms with van der Waals surface area (Å²) in [5.41, 5.74) is 7.19. The summed E-state index contributed by atoms with van der Waals surface area (Å²) in [5.74, 6) is 1.73. The van der Waals surface area contributed by atoms with Gasteiger partial charge in [0.2, 0.25) is 5.91 Å². The Morgan fingerprint density at radius 1 is 1.23 bits per heavy atom. The molecule has 1 fully saturated rings. The average molecular weight is 462 g/mol. The number of hydrogen-bond acceptors (Lipinski definition) is 6. The Morgan fingerprint density at radius 3 is 2.71 bits per heavy atom. The van der Waals surface area contributed by atoms with Crippen molar-refractivity contribution >= 4 is 39.9 Å². The van der Waals surface area contributed by atoms with E-state index in [1.54, 1.807) is 0 Å². The molecule has 0 aromatic carbocycles. The maximum atomic E-state index is 12.7. The van der Waals surface area contributed by atoms with Crippen LogP contribution in [0, 0.1) is 5.92 Å². The fourth-order valence-corrected chi connectivity index (χ4v) is 7.00. The Balaban J connectivity index is 1.43. The number of nitrogens with zero attached hydrogens (tertiary/aromatic N) is 3. The van der Waals surface area contributed by atoms with E-state index < -0.39 is 5.91 Å². The van der Waals surface area contributed by atoms with Gasteiger partial charge in [0.25, 0.3) is 5.91 Å². The Bertz CT molecular complexity index is 962. The quantitative estimate of drug-likeness (QED) is 0.596. The first-order valence-electron chi connectivity index (χ1n) is 11.3. The smallest absolute Gasteiger partial charge is 0.251 e. The highest BCUT2D eigenvalue weighted by molar-refractivity contribution is 7.99. The van der Waals surface area contributed by atoms with Crippen LogP contribution < -0.4 is 11.1 Å². The molecular weight excluding hydrogens is 430 g/mol. The highest BCUT2D eigenvalue weighted by Crippen LogP contribution is 2.39. The van der Waals surface area contributed by atoms with Crippen LogP contribution in [0.15, 0.2) is 5.16 Å². The number of carbonyl (C=O) groups excluding carboxylic acids is 2. The molecule has 0 saturated heterocycles. The zero-order valence-electron chi connectivity index (χ0n) is 18.3. The van der Waals surface area contributed by atoms with Crippen molar-refractivity contribution in [1.82, 2.24) is 14.8 Å². The minimum atomic E-state index is -0.460. The summed E-state index contributed by atoms with van der Waals surface area (Å²) in [6, 6.07) is 0. The predicted molar refractivity (Wildman–Crippen MR) is 125 cm³/mol. The Labute approximate surface area is 191 Å². The number of primary amides is 1. The lowest BCUT2D eigenvalue weighted by Gasteiger charge is -2.21. The molecule has 2 aliphatic rings. The van der Waals surface area contributed by atoms with Crippen molar-refractivity contribution in [2.24, 2.45) is 11.7 Å². The highest BCUT2D eigenvalue weighted by Gasteiger charge is 2.28. The third-order valence-electron chi connectivity index (χ3n) is 6.38. The molecular formula is C22H31N5O2S2. The van der Waals surface area contributed by atoms with Crippen molar-refractivity contribution in [2.45, 2.75) is 82.8 Å². The molecule has 2 aliphatic carbocycles.